The predicted molar refractivity (Wildman–Crippen MR) is 260 cm³/mol. The van der Waals surface area contributed by atoms with E-state index in [9.17, 15) is 0 Å². The highest BCUT2D eigenvalue weighted by Gasteiger charge is 2.19. The van der Waals surface area contributed by atoms with Crippen LogP contribution in [0.25, 0.3) is 106 Å². The van der Waals surface area contributed by atoms with Crippen LogP contribution in [0, 0.1) is 0 Å². The average molecular weight is 800 g/mol. The van der Waals surface area contributed by atoms with Crippen molar-refractivity contribution in [1.29, 1.82) is 0 Å². The van der Waals surface area contributed by atoms with Crippen LogP contribution in [-0.2, 0) is 0 Å². The summed E-state index contributed by atoms with van der Waals surface area (Å²) in [6.45, 7) is 0. The lowest BCUT2D eigenvalue weighted by atomic mass is 9.98. The van der Waals surface area contributed by atoms with E-state index in [1.54, 1.807) is 0 Å². The van der Waals surface area contributed by atoms with Gasteiger partial charge in [0.25, 0.3) is 0 Å². The fourth-order valence-corrected chi connectivity index (χ4v) is 12.0. The van der Waals surface area contributed by atoms with Crippen molar-refractivity contribution in [1.82, 2.24) is 0 Å². The molecule has 0 bridgehead atoms. The topological polar surface area (TPSA) is 16.4 Å². The van der Waals surface area contributed by atoms with E-state index in [0.717, 1.165) is 39.0 Å². The normalized spacial score (nSPS) is 12.0. The Hall–Kier alpha value is -7.24. The summed E-state index contributed by atoms with van der Waals surface area (Å²) in [5.41, 5.74) is 9.85. The Balaban J connectivity index is 0.950. The van der Waals surface area contributed by atoms with E-state index in [1.807, 2.05) is 22.7 Å². The number of hydrogen-bond acceptors (Lipinski definition) is 4. The molecule has 4 heteroatoms. The summed E-state index contributed by atoms with van der Waals surface area (Å²) in [5.74, 6) is 0. The summed E-state index contributed by atoms with van der Waals surface area (Å²) in [4.78, 5) is 2.35. The number of anilines is 3. The number of thiophene rings is 2. The zero-order valence-electron chi connectivity index (χ0n) is 32.2. The van der Waals surface area contributed by atoms with Crippen LogP contribution in [0.5, 0.6) is 0 Å². The van der Waals surface area contributed by atoms with Gasteiger partial charge in [-0.1, -0.05) is 140 Å². The largest absolute Gasteiger partial charge is 0.456 e. The van der Waals surface area contributed by atoms with Gasteiger partial charge in [0.15, 0.2) is 0 Å². The summed E-state index contributed by atoms with van der Waals surface area (Å²) in [7, 11) is 0. The third-order valence-corrected chi connectivity index (χ3v) is 14.7. The number of fused-ring (bicyclic) bond motifs is 13. The van der Waals surface area contributed by atoms with Gasteiger partial charge in [0, 0.05) is 74.2 Å². The van der Waals surface area contributed by atoms with Crippen molar-refractivity contribution in [2.75, 3.05) is 4.90 Å². The molecule has 0 fully saturated rings. The average Bonchev–Trinajstić information content (AvgIpc) is 4.01. The first kappa shape index (κ1) is 33.7. The lowest BCUT2D eigenvalue weighted by Gasteiger charge is -2.26. The molecular formula is C56H33NOS2. The number of nitrogens with zero attached hydrogens (tertiary/aromatic N) is 1. The molecule has 13 aromatic rings. The molecule has 3 heterocycles. The van der Waals surface area contributed by atoms with Crippen molar-refractivity contribution in [2.24, 2.45) is 0 Å². The fraction of sp³-hybridized carbons (Fsp3) is 0. The van der Waals surface area contributed by atoms with Crippen molar-refractivity contribution in [2.45, 2.75) is 0 Å². The molecule has 3 aromatic heterocycles. The lowest BCUT2D eigenvalue weighted by Crippen LogP contribution is -2.09. The van der Waals surface area contributed by atoms with Gasteiger partial charge in [-0.05, 0) is 98.4 Å². The Bertz CT molecular complexity index is 3830. The molecule has 2 nitrogen and oxygen atoms in total. The van der Waals surface area contributed by atoms with E-state index >= 15 is 0 Å². The minimum Gasteiger partial charge on any atom is -0.456 e. The maximum atomic E-state index is 6.60. The second-order valence-electron chi connectivity index (χ2n) is 15.6. The molecule has 280 valence electrons. The molecule has 0 spiro atoms. The standard InChI is InChI=1S/C56H33NOS2/c1-3-12-41-34(9-1)11-7-15-42(41)36-19-24-38(25-20-36)57(40-28-29-47-50(33-40)58-49-31-23-35-10-2-4-13-43(35)53(47)49)39-26-21-37(22-27-39)44-16-8-17-45-46-30-32-52-54(56(46)60-55(44)45)48-14-5-6-18-51(48)59-52/h1-33H. The van der Waals surface area contributed by atoms with Gasteiger partial charge in [-0.2, -0.15) is 0 Å². The van der Waals surface area contributed by atoms with Gasteiger partial charge in [0.2, 0.25) is 0 Å². The van der Waals surface area contributed by atoms with Crippen molar-refractivity contribution >= 4 is 124 Å². The van der Waals surface area contributed by atoms with Crippen LogP contribution in [0.1, 0.15) is 0 Å². The van der Waals surface area contributed by atoms with Crippen LogP contribution in [0.2, 0.25) is 0 Å². The van der Waals surface area contributed by atoms with E-state index in [4.69, 9.17) is 4.42 Å². The van der Waals surface area contributed by atoms with E-state index in [1.165, 1.54) is 84.1 Å². The third kappa shape index (κ3) is 5.11. The van der Waals surface area contributed by atoms with E-state index < -0.39 is 0 Å². The van der Waals surface area contributed by atoms with Gasteiger partial charge in [-0.15, -0.1) is 22.7 Å². The van der Waals surface area contributed by atoms with E-state index in [-0.39, 0.29) is 0 Å². The summed E-state index contributed by atoms with van der Waals surface area (Å²) < 4.78 is 12.0. The van der Waals surface area contributed by atoms with Crippen molar-refractivity contribution < 1.29 is 4.42 Å². The SMILES string of the molecule is c1ccc2c(-c3ccc(N(c4ccc(-c5cccc6c5sc5c6ccc6sc7ccccc7c65)cc4)c4ccc5c(c4)oc4ccc6ccccc6c45)cc3)cccc2c1. The second kappa shape index (κ2) is 13.1. The number of benzene rings is 10. The highest BCUT2D eigenvalue weighted by Crippen LogP contribution is 2.47. The third-order valence-electron chi connectivity index (χ3n) is 12.3. The Morgan fingerprint density at radius 3 is 1.75 bits per heavy atom. The summed E-state index contributed by atoms with van der Waals surface area (Å²) in [6, 6.07) is 72.9. The summed E-state index contributed by atoms with van der Waals surface area (Å²) in [6.07, 6.45) is 0. The van der Waals surface area contributed by atoms with Crippen LogP contribution in [0.4, 0.5) is 17.1 Å². The van der Waals surface area contributed by atoms with Crippen LogP contribution >= 0.6 is 22.7 Å². The monoisotopic (exact) mass is 799 g/mol. The van der Waals surface area contributed by atoms with E-state index in [2.05, 4.69) is 205 Å². The zero-order valence-corrected chi connectivity index (χ0v) is 33.9. The molecule has 0 unspecified atom stereocenters. The maximum Gasteiger partial charge on any atom is 0.137 e. The summed E-state index contributed by atoms with van der Waals surface area (Å²) in [5, 5.41) is 12.6. The second-order valence-corrected chi connectivity index (χ2v) is 17.7. The van der Waals surface area contributed by atoms with Gasteiger partial charge in [-0.25, -0.2) is 0 Å². The molecule has 0 aliphatic heterocycles. The number of furan rings is 1. The zero-order chi connectivity index (χ0) is 39.3. The maximum absolute atomic E-state index is 6.60. The molecule has 13 rings (SSSR count). The highest BCUT2D eigenvalue weighted by atomic mass is 32.1. The molecular weight excluding hydrogens is 767 g/mol. The van der Waals surface area contributed by atoms with Crippen molar-refractivity contribution in [3.63, 3.8) is 0 Å². The number of hydrogen-bond donors (Lipinski definition) is 0. The first-order valence-corrected chi connectivity index (χ1v) is 22.0. The number of rotatable bonds is 5. The minimum atomic E-state index is 0.872. The first-order chi connectivity index (χ1) is 29.7. The molecule has 0 aliphatic rings. The van der Waals surface area contributed by atoms with Crippen LogP contribution in [-0.4, -0.2) is 0 Å². The Labute approximate surface area is 353 Å². The molecule has 0 radical (unpaired) electrons. The Morgan fingerprint density at radius 2 is 0.933 bits per heavy atom. The highest BCUT2D eigenvalue weighted by molar-refractivity contribution is 7.30. The molecule has 0 amide bonds. The Kier molecular flexibility index (Phi) is 7.38. The molecule has 0 atom stereocenters. The van der Waals surface area contributed by atoms with Gasteiger partial charge in [0.05, 0.1) is 0 Å². The van der Waals surface area contributed by atoms with Crippen LogP contribution < -0.4 is 4.90 Å². The molecule has 0 N–H and O–H groups in total. The van der Waals surface area contributed by atoms with Crippen LogP contribution in [0.15, 0.2) is 205 Å². The smallest absolute Gasteiger partial charge is 0.137 e. The molecule has 0 aliphatic carbocycles. The van der Waals surface area contributed by atoms with Crippen molar-refractivity contribution in [3.8, 4) is 22.3 Å². The van der Waals surface area contributed by atoms with Crippen LogP contribution in [0.3, 0.4) is 0 Å². The van der Waals surface area contributed by atoms with Gasteiger partial charge in [-0.3, -0.25) is 0 Å². The van der Waals surface area contributed by atoms with Crippen molar-refractivity contribution in [3.05, 3.63) is 200 Å². The van der Waals surface area contributed by atoms with Gasteiger partial charge >= 0.3 is 0 Å². The van der Waals surface area contributed by atoms with Gasteiger partial charge in [0.1, 0.15) is 11.2 Å². The summed E-state index contributed by atoms with van der Waals surface area (Å²) >= 11 is 3.81. The Morgan fingerprint density at radius 1 is 0.333 bits per heavy atom. The molecule has 60 heavy (non-hydrogen) atoms. The quantitative estimate of drug-likeness (QED) is 0.172. The van der Waals surface area contributed by atoms with E-state index in [0.29, 0.717) is 0 Å². The lowest BCUT2D eigenvalue weighted by molar-refractivity contribution is 0.669. The molecule has 0 saturated carbocycles. The predicted octanol–water partition coefficient (Wildman–Crippen LogP) is 17.4. The molecule has 10 aromatic carbocycles. The van der Waals surface area contributed by atoms with Gasteiger partial charge < -0.3 is 9.32 Å². The molecule has 0 saturated heterocycles. The minimum absolute atomic E-state index is 0.872. The fourth-order valence-electron chi connectivity index (χ4n) is 9.47. The first-order valence-electron chi connectivity index (χ1n) is 20.3.